The molecule has 0 unspecified atom stereocenters. The number of nitrogen functional groups attached to an aromatic ring is 1. The SMILES string of the molecule is NC(=O)c1c(N)nc2ccccc2c1C1CCCCC1. The van der Waals surface area contributed by atoms with Gasteiger partial charge in [0.25, 0.3) is 5.91 Å². The first kappa shape index (κ1) is 12.9. The van der Waals surface area contributed by atoms with Crippen molar-refractivity contribution in [3.05, 3.63) is 35.4 Å². The van der Waals surface area contributed by atoms with Gasteiger partial charge in [0.05, 0.1) is 11.1 Å². The number of carbonyl (C=O) groups excluding carboxylic acids is 1. The summed E-state index contributed by atoms with van der Waals surface area (Å²) in [5, 5.41) is 1.02. The summed E-state index contributed by atoms with van der Waals surface area (Å²) in [7, 11) is 0. The zero-order valence-corrected chi connectivity index (χ0v) is 11.4. The molecule has 1 aromatic carbocycles. The molecule has 1 aliphatic rings. The maximum absolute atomic E-state index is 11.8. The highest BCUT2D eigenvalue weighted by atomic mass is 16.1. The van der Waals surface area contributed by atoms with Crippen LogP contribution in [0.4, 0.5) is 5.82 Å². The van der Waals surface area contributed by atoms with Gasteiger partial charge in [-0.25, -0.2) is 4.98 Å². The van der Waals surface area contributed by atoms with Crippen molar-refractivity contribution in [2.24, 2.45) is 5.73 Å². The van der Waals surface area contributed by atoms with Crippen LogP contribution >= 0.6 is 0 Å². The van der Waals surface area contributed by atoms with Gasteiger partial charge >= 0.3 is 0 Å². The standard InChI is InChI=1S/C16H19N3O/c17-15-14(16(18)20)13(10-6-2-1-3-7-10)11-8-4-5-9-12(11)19-15/h4-5,8-10H,1-3,6-7H2,(H2,17,19)(H2,18,20). The zero-order chi connectivity index (χ0) is 14.1. The molecule has 0 radical (unpaired) electrons. The quantitative estimate of drug-likeness (QED) is 0.879. The maximum Gasteiger partial charge on any atom is 0.252 e. The molecule has 4 nitrogen and oxygen atoms in total. The van der Waals surface area contributed by atoms with Crippen molar-refractivity contribution in [1.29, 1.82) is 0 Å². The Balaban J connectivity index is 2.28. The maximum atomic E-state index is 11.8. The number of nitrogens with two attached hydrogens (primary N) is 2. The molecule has 1 saturated carbocycles. The number of carbonyl (C=O) groups is 1. The normalized spacial score (nSPS) is 16.4. The van der Waals surface area contributed by atoms with Crippen LogP contribution in [0.2, 0.25) is 0 Å². The molecule has 1 aliphatic carbocycles. The molecule has 0 bridgehead atoms. The second-order valence-corrected chi connectivity index (χ2v) is 5.50. The number of aromatic nitrogens is 1. The Labute approximate surface area is 118 Å². The molecule has 1 amide bonds. The van der Waals surface area contributed by atoms with E-state index in [0.717, 1.165) is 29.3 Å². The van der Waals surface area contributed by atoms with Crippen molar-refractivity contribution in [2.75, 3.05) is 5.73 Å². The highest BCUT2D eigenvalue weighted by Gasteiger charge is 2.25. The Morgan fingerprint density at radius 2 is 1.85 bits per heavy atom. The topological polar surface area (TPSA) is 82.0 Å². The lowest BCUT2D eigenvalue weighted by atomic mass is 9.80. The molecule has 1 aromatic heterocycles. The minimum Gasteiger partial charge on any atom is -0.383 e. The van der Waals surface area contributed by atoms with Gasteiger partial charge in [-0.15, -0.1) is 0 Å². The van der Waals surface area contributed by atoms with Crippen LogP contribution in [0.15, 0.2) is 24.3 Å². The Bertz CT molecular complexity index is 660. The van der Waals surface area contributed by atoms with Gasteiger partial charge in [-0.2, -0.15) is 0 Å². The Morgan fingerprint density at radius 1 is 1.15 bits per heavy atom. The molecule has 1 heterocycles. The lowest BCUT2D eigenvalue weighted by Crippen LogP contribution is -2.20. The summed E-state index contributed by atoms with van der Waals surface area (Å²) in [6.45, 7) is 0. The third-order valence-corrected chi connectivity index (χ3v) is 4.22. The summed E-state index contributed by atoms with van der Waals surface area (Å²) in [6, 6.07) is 7.85. The highest BCUT2D eigenvalue weighted by Crippen LogP contribution is 2.39. The minimum atomic E-state index is -0.471. The molecular weight excluding hydrogens is 250 g/mol. The largest absolute Gasteiger partial charge is 0.383 e. The monoisotopic (exact) mass is 269 g/mol. The highest BCUT2D eigenvalue weighted by molar-refractivity contribution is 6.04. The predicted molar refractivity (Wildman–Crippen MR) is 80.5 cm³/mol. The lowest BCUT2D eigenvalue weighted by molar-refractivity contribution is 0.0999. The van der Waals surface area contributed by atoms with E-state index >= 15 is 0 Å². The van der Waals surface area contributed by atoms with Gasteiger partial charge in [0.2, 0.25) is 0 Å². The lowest BCUT2D eigenvalue weighted by Gasteiger charge is -2.25. The van der Waals surface area contributed by atoms with E-state index in [-0.39, 0.29) is 5.82 Å². The molecule has 0 spiro atoms. The van der Waals surface area contributed by atoms with Crippen LogP contribution in [0.5, 0.6) is 0 Å². The van der Waals surface area contributed by atoms with Crippen LogP contribution in [0, 0.1) is 0 Å². The number of hydrogen-bond donors (Lipinski definition) is 2. The van der Waals surface area contributed by atoms with Crippen molar-refractivity contribution in [2.45, 2.75) is 38.0 Å². The number of hydrogen-bond acceptors (Lipinski definition) is 3. The molecule has 3 rings (SSSR count). The summed E-state index contributed by atoms with van der Waals surface area (Å²) >= 11 is 0. The number of anilines is 1. The van der Waals surface area contributed by atoms with Crippen LogP contribution in [0.1, 0.15) is 53.9 Å². The van der Waals surface area contributed by atoms with E-state index in [9.17, 15) is 4.79 Å². The van der Waals surface area contributed by atoms with Crippen LogP contribution in [-0.2, 0) is 0 Å². The second kappa shape index (κ2) is 5.12. The number of primary amides is 1. The minimum absolute atomic E-state index is 0.261. The van der Waals surface area contributed by atoms with Crippen molar-refractivity contribution in [3.8, 4) is 0 Å². The summed E-state index contributed by atoms with van der Waals surface area (Å²) in [5.74, 6) is 0.152. The average molecular weight is 269 g/mol. The Hall–Kier alpha value is -2.10. The smallest absolute Gasteiger partial charge is 0.252 e. The van der Waals surface area contributed by atoms with Crippen LogP contribution < -0.4 is 11.5 Å². The van der Waals surface area contributed by atoms with Crippen molar-refractivity contribution in [3.63, 3.8) is 0 Å². The van der Waals surface area contributed by atoms with E-state index in [2.05, 4.69) is 4.98 Å². The zero-order valence-electron chi connectivity index (χ0n) is 11.4. The number of amides is 1. The van der Waals surface area contributed by atoms with E-state index in [4.69, 9.17) is 11.5 Å². The van der Waals surface area contributed by atoms with E-state index in [0.29, 0.717) is 11.5 Å². The fourth-order valence-electron chi connectivity index (χ4n) is 3.33. The van der Waals surface area contributed by atoms with Crippen LogP contribution in [0.25, 0.3) is 10.9 Å². The Morgan fingerprint density at radius 3 is 2.55 bits per heavy atom. The first-order valence-electron chi connectivity index (χ1n) is 7.16. The molecule has 0 atom stereocenters. The van der Waals surface area contributed by atoms with Gasteiger partial charge in [-0.3, -0.25) is 4.79 Å². The molecule has 1 fully saturated rings. The third kappa shape index (κ3) is 2.11. The molecule has 104 valence electrons. The number of pyridine rings is 1. The molecular formula is C16H19N3O. The summed E-state index contributed by atoms with van der Waals surface area (Å²) < 4.78 is 0. The summed E-state index contributed by atoms with van der Waals surface area (Å²) in [5.41, 5.74) is 13.8. The molecule has 20 heavy (non-hydrogen) atoms. The predicted octanol–water partition coefficient (Wildman–Crippen LogP) is 2.96. The van der Waals surface area contributed by atoms with Gasteiger partial charge in [0, 0.05) is 5.39 Å². The van der Waals surface area contributed by atoms with E-state index in [1.54, 1.807) is 0 Å². The van der Waals surface area contributed by atoms with Crippen molar-refractivity contribution < 1.29 is 4.79 Å². The van der Waals surface area contributed by atoms with Gasteiger partial charge in [-0.1, -0.05) is 37.5 Å². The van der Waals surface area contributed by atoms with E-state index in [1.165, 1.54) is 19.3 Å². The van der Waals surface area contributed by atoms with Gasteiger partial charge < -0.3 is 11.5 Å². The van der Waals surface area contributed by atoms with Gasteiger partial charge in [-0.05, 0) is 30.4 Å². The average Bonchev–Trinajstić information content (AvgIpc) is 2.46. The fraction of sp³-hybridized carbons (Fsp3) is 0.375. The molecule has 2 aromatic rings. The fourth-order valence-corrected chi connectivity index (χ4v) is 3.33. The number of fused-ring (bicyclic) bond motifs is 1. The first-order chi connectivity index (χ1) is 9.68. The van der Waals surface area contributed by atoms with E-state index < -0.39 is 5.91 Å². The third-order valence-electron chi connectivity index (χ3n) is 4.22. The summed E-state index contributed by atoms with van der Waals surface area (Å²) in [4.78, 5) is 16.2. The van der Waals surface area contributed by atoms with Crippen LogP contribution in [0.3, 0.4) is 0 Å². The van der Waals surface area contributed by atoms with Crippen molar-refractivity contribution in [1.82, 2.24) is 4.98 Å². The molecule has 4 N–H and O–H groups in total. The van der Waals surface area contributed by atoms with Crippen LogP contribution in [-0.4, -0.2) is 10.9 Å². The number of para-hydroxylation sites is 1. The Kier molecular flexibility index (Phi) is 3.30. The van der Waals surface area contributed by atoms with E-state index in [1.807, 2.05) is 24.3 Å². The van der Waals surface area contributed by atoms with Gasteiger partial charge in [0.1, 0.15) is 5.82 Å². The van der Waals surface area contributed by atoms with Gasteiger partial charge in [0.15, 0.2) is 0 Å². The number of nitrogens with zero attached hydrogens (tertiary/aromatic N) is 1. The molecule has 0 aliphatic heterocycles. The number of rotatable bonds is 2. The van der Waals surface area contributed by atoms with Crippen molar-refractivity contribution >= 4 is 22.6 Å². The molecule has 0 saturated heterocycles. The molecule has 4 heteroatoms. The second-order valence-electron chi connectivity index (χ2n) is 5.50. The number of benzene rings is 1. The summed E-state index contributed by atoms with van der Waals surface area (Å²) in [6.07, 6.45) is 5.83. The first-order valence-corrected chi connectivity index (χ1v) is 7.16.